The van der Waals surface area contributed by atoms with Gasteiger partial charge in [-0.15, -0.1) is 9.81 Å². The second-order valence-electron chi connectivity index (χ2n) is 6.76. The highest BCUT2D eigenvalue weighted by Gasteiger charge is 2.19. The summed E-state index contributed by atoms with van der Waals surface area (Å²) in [4.78, 5) is 38.8. The predicted molar refractivity (Wildman–Crippen MR) is 118 cm³/mol. The summed E-state index contributed by atoms with van der Waals surface area (Å²) in [5.41, 5.74) is 1.95. The van der Waals surface area contributed by atoms with Gasteiger partial charge in [0.2, 0.25) is 0 Å². The summed E-state index contributed by atoms with van der Waals surface area (Å²) < 4.78 is 6.90. The van der Waals surface area contributed by atoms with Gasteiger partial charge in [-0.05, 0) is 41.6 Å². The van der Waals surface area contributed by atoms with Gasteiger partial charge in [0.15, 0.2) is 0 Å². The quantitative estimate of drug-likeness (QED) is 0.420. The van der Waals surface area contributed by atoms with Crippen LogP contribution in [0.5, 0.6) is 11.5 Å². The van der Waals surface area contributed by atoms with Gasteiger partial charge in [0.05, 0.1) is 24.1 Å². The maximum Gasteiger partial charge on any atom is 0.316 e. The monoisotopic (exact) mass is 428 g/mol. The van der Waals surface area contributed by atoms with Gasteiger partial charge in [0.25, 0.3) is 0 Å². The van der Waals surface area contributed by atoms with Crippen molar-refractivity contribution in [2.75, 3.05) is 7.11 Å². The zero-order valence-electron chi connectivity index (χ0n) is 16.8. The molecule has 0 spiro atoms. The second kappa shape index (κ2) is 8.60. The molecule has 0 aliphatic carbocycles. The Morgan fingerprint density at radius 1 is 1.00 bits per heavy atom. The van der Waals surface area contributed by atoms with Crippen LogP contribution in [0, 0.1) is 9.81 Å². The molecule has 4 rings (SSSR count). The third kappa shape index (κ3) is 3.74. The lowest BCUT2D eigenvalue weighted by molar-refractivity contribution is 0.100. The van der Waals surface area contributed by atoms with E-state index in [-0.39, 0.29) is 17.0 Å². The lowest BCUT2D eigenvalue weighted by Crippen LogP contribution is -2.01. The van der Waals surface area contributed by atoms with E-state index in [1.807, 2.05) is 0 Å². The molecule has 32 heavy (non-hydrogen) atoms. The van der Waals surface area contributed by atoms with Crippen LogP contribution in [0.3, 0.4) is 0 Å². The molecule has 0 atom stereocenters. The fraction of sp³-hybridized carbons (Fsp3) is 0.0435. The van der Waals surface area contributed by atoms with Crippen LogP contribution in [0.15, 0.2) is 83.3 Å². The third-order valence-electron chi connectivity index (χ3n) is 4.86. The number of hydrogen-bond acceptors (Lipinski definition) is 7. The van der Waals surface area contributed by atoms with E-state index >= 15 is 0 Å². The number of carbonyl (C=O) groups excluding carboxylic acids is 1. The number of nitrogens with zero attached hydrogens (tertiary/aromatic N) is 4. The van der Waals surface area contributed by atoms with Gasteiger partial charge >= 0.3 is 5.91 Å². The van der Waals surface area contributed by atoms with Gasteiger partial charge in [0, 0.05) is 28.6 Å². The number of imidazole rings is 1. The minimum atomic E-state index is -0.956. The molecule has 0 aliphatic heterocycles. The lowest BCUT2D eigenvalue weighted by Gasteiger charge is -2.11. The number of phenols is 1. The van der Waals surface area contributed by atoms with Gasteiger partial charge in [-0.1, -0.05) is 24.3 Å². The van der Waals surface area contributed by atoms with Gasteiger partial charge in [-0.25, -0.2) is 4.98 Å². The smallest absolute Gasteiger partial charge is 0.316 e. The summed E-state index contributed by atoms with van der Waals surface area (Å²) in [6.45, 7) is 0. The Kier molecular flexibility index (Phi) is 5.54. The average Bonchev–Trinajstić information content (AvgIpc) is 3.28. The fourth-order valence-electron chi connectivity index (χ4n) is 3.35. The number of phenolic OH excluding ortho intramolecular Hbond substituents is 1. The van der Waals surface area contributed by atoms with Crippen LogP contribution in [0.1, 0.15) is 10.4 Å². The van der Waals surface area contributed by atoms with Gasteiger partial charge in [0.1, 0.15) is 23.0 Å². The highest BCUT2D eigenvalue weighted by atomic mass is 16.5. The lowest BCUT2D eigenvalue weighted by atomic mass is 10.1. The van der Waals surface area contributed by atoms with Crippen molar-refractivity contribution in [3.63, 3.8) is 0 Å². The number of hydrogen-bond donors (Lipinski definition) is 1. The molecule has 0 saturated heterocycles. The molecule has 9 heteroatoms. The van der Waals surface area contributed by atoms with Crippen LogP contribution >= 0.6 is 0 Å². The van der Waals surface area contributed by atoms with Crippen LogP contribution < -0.4 is 4.74 Å². The molecule has 1 N–H and O–H groups in total. The Hall–Kier alpha value is -4.66. The van der Waals surface area contributed by atoms with Crippen molar-refractivity contribution in [1.29, 1.82) is 0 Å². The van der Waals surface area contributed by atoms with Crippen molar-refractivity contribution in [3.8, 4) is 39.8 Å². The molecule has 0 bridgehead atoms. The van der Waals surface area contributed by atoms with Gasteiger partial charge < -0.3 is 9.84 Å². The van der Waals surface area contributed by atoms with E-state index in [9.17, 15) is 19.7 Å². The third-order valence-corrected chi connectivity index (χ3v) is 4.86. The Morgan fingerprint density at radius 3 is 2.41 bits per heavy atom. The molecule has 9 nitrogen and oxygen atoms in total. The van der Waals surface area contributed by atoms with Crippen LogP contribution in [0.25, 0.3) is 28.3 Å². The molecule has 158 valence electrons. The van der Waals surface area contributed by atoms with E-state index in [2.05, 4.69) is 15.3 Å². The van der Waals surface area contributed by atoms with Crippen molar-refractivity contribution >= 4 is 11.6 Å². The zero-order chi connectivity index (χ0) is 22.7. The number of ether oxygens (including phenoxy) is 1. The Balaban J connectivity index is 2.01. The number of rotatable bonds is 6. The van der Waals surface area contributed by atoms with Crippen LogP contribution in [0.4, 0.5) is 5.69 Å². The molecule has 4 aromatic rings. The van der Waals surface area contributed by atoms with E-state index in [4.69, 9.17) is 4.74 Å². The summed E-state index contributed by atoms with van der Waals surface area (Å²) in [6.07, 6.45) is 1.64. The van der Waals surface area contributed by atoms with Crippen molar-refractivity contribution in [2.24, 2.45) is 10.4 Å². The van der Waals surface area contributed by atoms with Crippen LogP contribution in [0.2, 0.25) is 0 Å². The number of nitroso groups, excluding NO2 is 2. The molecule has 0 saturated carbocycles. The SMILES string of the molecule is COc1cc(C(=O)N=O)cc(-n2cc(-c3ccccc3O)nc2-c2ccccc2N=O)c1. The largest absolute Gasteiger partial charge is 0.507 e. The van der Waals surface area contributed by atoms with Gasteiger partial charge in [-0.3, -0.25) is 9.36 Å². The second-order valence-corrected chi connectivity index (χ2v) is 6.76. The first-order chi connectivity index (χ1) is 15.5. The van der Waals surface area contributed by atoms with Crippen LogP contribution in [-0.4, -0.2) is 27.7 Å². The molecule has 0 aliphatic rings. The number of aromatic nitrogens is 2. The van der Waals surface area contributed by atoms with Crippen molar-refractivity contribution in [2.45, 2.75) is 0 Å². The Bertz CT molecular complexity index is 1350. The molecule has 0 radical (unpaired) electrons. The zero-order valence-corrected chi connectivity index (χ0v) is 16.8. The summed E-state index contributed by atoms with van der Waals surface area (Å²) in [6, 6.07) is 17.8. The van der Waals surface area contributed by atoms with E-state index in [0.717, 1.165) is 0 Å². The molecule has 1 aromatic heterocycles. The van der Waals surface area contributed by atoms with Gasteiger partial charge in [-0.2, -0.15) is 0 Å². The molecule has 0 fully saturated rings. The molecular formula is C23H16N4O5. The van der Waals surface area contributed by atoms with E-state index in [1.165, 1.54) is 25.3 Å². The minimum Gasteiger partial charge on any atom is -0.507 e. The molecule has 3 aromatic carbocycles. The first-order valence-corrected chi connectivity index (χ1v) is 9.43. The van der Waals surface area contributed by atoms with E-state index < -0.39 is 5.91 Å². The Morgan fingerprint density at radius 2 is 1.72 bits per heavy atom. The minimum absolute atomic E-state index is 0.0251. The first-order valence-electron chi connectivity index (χ1n) is 9.43. The maximum absolute atomic E-state index is 11.9. The van der Waals surface area contributed by atoms with Crippen molar-refractivity contribution < 1.29 is 14.6 Å². The highest BCUT2D eigenvalue weighted by molar-refractivity contribution is 5.96. The summed E-state index contributed by atoms with van der Waals surface area (Å²) in [5, 5.41) is 15.9. The maximum atomic E-state index is 11.9. The number of amides is 1. The molecule has 1 amide bonds. The van der Waals surface area contributed by atoms with Crippen molar-refractivity contribution in [3.05, 3.63) is 88.3 Å². The topological polar surface area (TPSA) is 123 Å². The molecular weight excluding hydrogens is 412 g/mol. The van der Waals surface area contributed by atoms with E-state index in [1.54, 1.807) is 59.3 Å². The normalized spacial score (nSPS) is 10.5. The van der Waals surface area contributed by atoms with E-state index in [0.29, 0.717) is 34.1 Å². The Labute approximate surface area is 181 Å². The van der Waals surface area contributed by atoms with Crippen molar-refractivity contribution in [1.82, 2.24) is 9.55 Å². The highest BCUT2D eigenvalue weighted by Crippen LogP contribution is 2.36. The average molecular weight is 428 g/mol. The molecule has 1 heterocycles. The number of carbonyl (C=O) groups is 1. The fourth-order valence-corrected chi connectivity index (χ4v) is 3.35. The standard InChI is InChI=1S/C23H16N4O5/c1-32-16-11-14(23(29)26-31)10-15(12-16)27-13-20(17-6-3-5-9-21(17)28)24-22(27)18-7-2-4-8-19(18)25-30/h2-13,28H,1H3. The summed E-state index contributed by atoms with van der Waals surface area (Å²) in [7, 11) is 1.43. The molecule has 0 unspecified atom stereocenters. The van der Waals surface area contributed by atoms with Crippen LogP contribution in [-0.2, 0) is 0 Å². The summed E-state index contributed by atoms with van der Waals surface area (Å²) >= 11 is 0. The number of benzene rings is 3. The number of para-hydroxylation sites is 1. The number of methoxy groups -OCH3 is 1. The summed E-state index contributed by atoms with van der Waals surface area (Å²) in [5.74, 6) is -0.274. The number of aromatic hydroxyl groups is 1. The predicted octanol–water partition coefficient (Wildman–Crippen LogP) is 5.23. The first kappa shape index (κ1) is 20.6.